The van der Waals surface area contributed by atoms with Crippen LogP contribution in [0.2, 0.25) is 0 Å². The third-order valence-corrected chi connectivity index (χ3v) is 5.25. The molecule has 1 heterocycles. The quantitative estimate of drug-likeness (QED) is 0.874. The Kier molecular flexibility index (Phi) is 6.95. The molecule has 0 aromatic heterocycles. The second-order valence-corrected chi connectivity index (χ2v) is 6.90. The van der Waals surface area contributed by atoms with Gasteiger partial charge in [-0.2, -0.15) is 0 Å². The summed E-state index contributed by atoms with van der Waals surface area (Å²) in [7, 11) is -3.36. The topological polar surface area (TPSA) is 58.2 Å². The summed E-state index contributed by atoms with van der Waals surface area (Å²) in [5.74, 6) is 0.591. The van der Waals surface area contributed by atoms with Crippen molar-refractivity contribution < 1.29 is 8.42 Å². The molecular weight excluding hydrogens is 296 g/mol. The minimum Gasteiger partial charge on any atom is -0.316 e. The summed E-state index contributed by atoms with van der Waals surface area (Å²) in [5, 5.41) is 3.35. The molecule has 0 aliphatic carbocycles. The van der Waals surface area contributed by atoms with Crippen molar-refractivity contribution in [1.82, 2.24) is 10.0 Å². The average Bonchev–Trinajstić information content (AvgIpc) is 2.40. The molecule has 1 aromatic carbocycles. The normalized spacial score (nSPS) is 19.4. The van der Waals surface area contributed by atoms with E-state index in [0.29, 0.717) is 17.4 Å². The van der Waals surface area contributed by atoms with E-state index in [9.17, 15) is 8.42 Å². The second-order valence-electron chi connectivity index (χ2n) is 5.16. The number of sulfonamides is 1. The van der Waals surface area contributed by atoms with Crippen molar-refractivity contribution in [3.8, 4) is 0 Å². The van der Waals surface area contributed by atoms with Crippen LogP contribution in [-0.2, 0) is 10.0 Å². The maximum absolute atomic E-state index is 12.2. The molecule has 0 spiro atoms. The molecule has 2 rings (SSSR count). The summed E-state index contributed by atoms with van der Waals surface area (Å²) in [4.78, 5) is 0.386. The molecule has 20 heavy (non-hydrogen) atoms. The van der Waals surface area contributed by atoms with Crippen LogP contribution in [0, 0.1) is 12.8 Å². The largest absolute Gasteiger partial charge is 0.316 e. The van der Waals surface area contributed by atoms with E-state index in [-0.39, 0.29) is 12.4 Å². The molecule has 6 heteroatoms. The van der Waals surface area contributed by atoms with Gasteiger partial charge in [0, 0.05) is 6.54 Å². The highest BCUT2D eigenvalue weighted by atomic mass is 35.5. The molecule has 1 atom stereocenters. The minimum absolute atomic E-state index is 0. The predicted molar refractivity (Wildman–Crippen MR) is 83.8 cm³/mol. The van der Waals surface area contributed by atoms with Crippen molar-refractivity contribution in [2.75, 3.05) is 19.6 Å². The second kappa shape index (κ2) is 7.98. The summed E-state index contributed by atoms with van der Waals surface area (Å²) in [6, 6.07) is 7.08. The Balaban J connectivity index is 0.00000200. The van der Waals surface area contributed by atoms with E-state index in [0.717, 1.165) is 25.1 Å². The Morgan fingerprint density at radius 3 is 2.75 bits per heavy atom. The molecule has 4 nitrogen and oxygen atoms in total. The molecule has 1 unspecified atom stereocenters. The first kappa shape index (κ1) is 17.4. The number of hydrogen-bond acceptors (Lipinski definition) is 3. The summed E-state index contributed by atoms with van der Waals surface area (Å²) >= 11 is 0. The zero-order valence-electron chi connectivity index (χ0n) is 11.8. The van der Waals surface area contributed by atoms with Crippen molar-refractivity contribution in [1.29, 1.82) is 0 Å². The van der Waals surface area contributed by atoms with Crippen LogP contribution in [-0.4, -0.2) is 28.1 Å². The fraction of sp³-hybridized carbons (Fsp3) is 0.571. The predicted octanol–water partition coefficient (Wildman–Crippen LogP) is 2.08. The number of benzene rings is 1. The number of aryl methyl sites for hydroxylation is 1. The number of piperidine rings is 1. The molecule has 0 saturated carbocycles. The van der Waals surface area contributed by atoms with Gasteiger partial charge < -0.3 is 5.32 Å². The number of hydrogen-bond donors (Lipinski definition) is 2. The third kappa shape index (κ3) is 4.74. The van der Waals surface area contributed by atoms with Gasteiger partial charge in [0.1, 0.15) is 0 Å². The van der Waals surface area contributed by atoms with Gasteiger partial charge in [-0.25, -0.2) is 13.1 Å². The van der Waals surface area contributed by atoms with E-state index in [1.807, 2.05) is 19.1 Å². The van der Waals surface area contributed by atoms with E-state index in [1.165, 1.54) is 12.8 Å². The Hall–Kier alpha value is -0.620. The van der Waals surface area contributed by atoms with Crippen LogP contribution in [0.5, 0.6) is 0 Å². The minimum atomic E-state index is -3.36. The van der Waals surface area contributed by atoms with E-state index in [2.05, 4.69) is 10.0 Å². The summed E-state index contributed by atoms with van der Waals surface area (Å²) in [6.07, 6.45) is 3.28. The molecule has 0 radical (unpaired) electrons. The van der Waals surface area contributed by atoms with E-state index >= 15 is 0 Å². The maximum Gasteiger partial charge on any atom is 0.240 e. The molecule has 114 valence electrons. The Labute approximate surface area is 127 Å². The average molecular weight is 319 g/mol. The highest BCUT2D eigenvalue weighted by Crippen LogP contribution is 2.16. The van der Waals surface area contributed by atoms with Gasteiger partial charge in [0.25, 0.3) is 0 Å². The Bertz CT molecular complexity index is 514. The lowest BCUT2D eigenvalue weighted by atomic mass is 9.96. The first-order chi connectivity index (χ1) is 9.09. The molecule has 0 bridgehead atoms. The first-order valence-electron chi connectivity index (χ1n) is 6.85. The van der Waals surface area contributed by atoms with Crippen molar-refractivity contribution in [2.24, 2.45) is 5.92 Å². The number of rotatable bonds is 5. The lowest BCUT2D eigenvalue weighted by molar-refractivity contribution is 0.358. The van der Waals surface area contributed by atoms with Crippen LogP contribution in [0.4, 0.5) is 0 Å². The van der Waals surface area contributed by atoms with Gasteiger partial charge in [-0.1, -0.05) is 18.2 Å². The fourth-order valence-electron chi connectivity index (χ4n) is 2.50. The van der Waals surface area contributed by atoms with Gasteiger partial charge in [-0.15, -0.1) is 12.4 Å². The van der Waals surface area contributed by atoms with Gasteiger partial charge in [0.15, 0.2) is 0 Å². The summed E-state index contributed by atoms with van der Waals surface area (Å²) < 4.78 is 27.0. The lowest BCUT2D eigenvalue weighted by Gasteiger charge is -2.22. The monoisotopic (exact) mass is 318 g/mol. The van der Waals surface area contributed by atoms with Crippen LogP contribution in [0.15, 0.2) is 29.2 Å². The molecule has 0 amide bonds. The van der Waals surface area contributed by atoms with Gasteiger partial charge in [-0.3, -0.25) is 0 Å². The van der Waals surface area contributed by atoms with Gasteiger partial charge in [0.05, 0.1) is 4.90 Å². The fourth-order valence-corrected chi connectivity index (χ4v) is 3.80. The Morgan fingerprint density at radius 1 is 1.35 bits per heavy atom. The van der Waals surface area contributed by atoms with Crippen LogP contribution in [0.1, 0.15) is 24.8 Å². The van der Waals surface area contributed by atoms with Gasteiger partial charge >= 0.3 is 0 Å². The third-order valence-electron chi connectivity index (χ3n) is 3.63. The van der Waals surface area contributed by atoms with Gasteiger partial charge in [-0.05, 0) is 56.8 Å². The van der Waals surface area contributed by atoms with E-state index in [4.69, 9.17) is 0 Å². The number of halogens is 1. The molecule has 1 fully saturated rings. The molecule has 1 aliphatic heterocycles. The van der Waals surface area contributed by atoms with Crippen molar-refractivity contribution >= 4 is 22.4 Å². The lowest BCUT2D eigenvalue weighted by Crippen LogP contribution is -2.33. The number of nitrogens with one attached hydrogen (secondary N) is 2. The summed E-state index contributed by atoms with van der Waals surface area (Å²) in [6.45, 7) is 4.43. The summed E-state index contributed by atoms with van der Waals surface area (Å²) in [5.41, 5.74) is 0.786. The maximum atomic E-state index is 12.2. The van der Waals surface area contributed by atoms with E-state index < -0.39 is 10.0 Å². The smallest absolute Gasteiger partial charge is 0.240 e. The van der Waals surface area contributed by atoms with Crippen LogP contribution in [0.3, 0.4) is 0 Å². The molecule has 2 N–H and O–H groups in total. The molecule has 1 saturated heterocycles. The molecule has 1 aromatic rings. The van der Waals surface area contributed by atoms with Crippen LogP contribution >= 0.6 is 12.4 Å². The zero-order valence-corrected chi connectivity index (χ0v) is 13.4. The van der Waals surface area contributed by atoms with Crippen molar-refractivity contribution in [3.05, 3.63) is 29.8 Å². The van der Waals surface area contributed by atoms with Gasteiger partial charge in [0.2, 0.25) is 10.0 Å². The van der Waals surface area contributed by atoms with Crippen LogP contribution < -0.4 is 10.0 Å². The van der Waals surface area contributed by atoms with E-state index in [1.54, 1.807) is 12.1 Å². The standard InChI is InChI=1S/C14H22N2O2S.ClH/c1-12-5-2-3-7-14(12)19(17,18)16-10-8-13-6-4-9-15-11-13;/h2-3,5,7,13,15-16H,4,6,8-11H2,1H3;1H. The molecular formula is C14H23ClN2O2S. The zero-order chi connectivity index (χ0) is 13.7. The Morgan fingerprint density at radius 2 is 2.10 bits per heavy atom. The highest BCUT2D eigenvalue weighted by molar-refractivity contribution is 7.89. The van der Waals surface area contributed by atoms with Crippen molar-refractivity contribution in [2.45, 2.75) is 31.1 Å². The SMILES string of the molecule is Cc1ccccc1S(=O)(=O)NCCC1CCCNC1.Cl. The molecule has 1 aliphatic rings. The van der Waals surface area contributed by atoms with Crippen LogP contribution in [0.25, 0.3) is 0 Å². The highest BCUT2D eigenvalue weighted by Gasteiger charge is 2.17. The van der Waals surface area contributed by atoms with Crippen molar-refractivity contribution in [3.63, 3.8) is 0 Å². The first-order valence-corrected chi connectivity index (χ1v) is 8.34.